The number of nitrogens with two attached hydrogens (primary N) is 1. The van der Waals surface area contributed by atoms with Crippen molar-refractivity contribution < 1.29 is 28.6 Å². The van der Waals surface area contributed by atoms with E-state index in [1.807, 2.05) is 64.2 Å². The second kappa shape index (κ2) is 14.0. The van der Waals surface area contributed by atoms with Crippen molar-refractivity contribution >= 4 is 23.7 Å². The van der Waals surface area contributed by atoms with Gasteiger partial charge in [-0.1, -0.05) is 18.2 Å². The van der Waals surface area contributed by atoms with Gasteiger partial charge in [-0.2, -0.15) is 5.10 Å². The number of para-hydroxylation sites is 1. The molecule has 2 aliphatic heterocycles. The van der Waals surface area contributed by atoms with Crippen molar-refractivity contribution in [3.05, 3.63) is 60.2 Å². The maximum Gasteiger partial charge on any atom is 0.407 e. The van der Waals surface area contributed by atoms with Crippen molar-refractivity contribution in [2.75, 3.05) is 44.7 Å². The second-order valence-corrected chi connectivity index (χ2v) is 12.3. The molecule has 45 heavy (non-hydrogen) atoms. The molecule has 2 aliphatic rings. The Morgan fingerprint density at radius 2 is 1.69 bits per heavy atom. The van der Waals surface area contributed by atoms with E-state index >= 15 is 0 Å². The summed E-state index contributed by atoms with van der Waals surface area (Å²) in [6.45, 7) is 7.74. The van der Waals surface area contributed by atoms with Gasteiger partial charge in [-0.3, -0.25) is 9.59 Å². The molecule has 1 atom stereocenters. The first-order valence-electron chi connectivity index (χ1n) is 15.4. The zero-order valence-corrected chi connectivity index (χ0v) is 26.1. The van der Waals surface area contributed by atoms with Gasteiger partial charge in [0.1, 0.15) is 40.8 Å². The minimum absolute atomic E-state index is 0.0438. The summed E-state index contributed by atoms with van der Waals surface area (Å²) in [4.78, 5) is 39.0. The lowest BCUT2D eigenvalue weighted by Crippen LogP contribution is -2.43. The van der Waals surface area contributed by atoms with Crippen LogP contribution in [0.15, 0.2) is 54.6 Å². The lowest BCUT2D eigenvalue weighted by atomic mass is 9.87. The Labute approximate surface area is 263 Å². The van der Waals surface area contributed by atoms with Crippen LogP contribution in [0.3, 0.4) is 0 Å². The van der Waals surface area contributed by atoms with Crippen LogP contribution in [0.4, 0.5) is 10.6 Å². The van der Waals surface area contributed by atoms with Crippen LogP contribution in [0.25, 0.3) is 11.3 Å². The molecule has 0 spiro atoms. The predicted molar refractivity (Wildman–Crippen MR) is 169 cm³/mol. The molecule has 3 amide bonds. The van der Waals surface area contributed by atoms with Gasteiger partial charge >= 0.3 is 6.09 Å². The number of fused-ring (bicyclic) bond motifs is 1. The van der Waals surface area contributed by atoms with Crippen molar-refractivity contribution in [2.24, 2.45) is 11.7 Å². The third-order valence-corrected chi connectivity index (χ3v) is 7.89. The number of alkyl carbamates (subject to hydrolysis) is 1. The molecule has 4 N–H and O–H groups in total. The molecule has 3 aromatic rings. The molecular weight excluding hydrogens is 576 g/mol. The van der Waals surface area contributed by atoms with Gasteiger partial charge in [-0.25, -0.2) is 9.48 Å². The average Bonchev–Trinajstić information content (AvgIpc) is 3.41. The Morgan fingerprint density at radius 3 is 2.36 bits per heavy atom. The summed E-state index contributed by atoms with van der Waals surface area (Å²) in [6.07, 6.45) is 1.95. The summed E-state index contributed by atoms with van der Waals surface area (Å²) in [7, 11) is 0. The van der Waals surface area contributed by atoms with E-state index in [0.717, 1.165) is 30.6 Å². The van der Waals surface area contributed by atoms with Crippen LogP contribution in [0.1, 0.15) is 56.4 Å². The van der Waals surface area contributed by atoms with E-state index in [2.05, 4.69) is 10.6 Å². The molecule has 1 aromatic heterocycles. The van der Waals surface area contributed by atoms with Gasteiger partial charge in [0.25, 0.3) is 5.91 Å². The monoisotopic (exact) mass is 618 g/mol. The Hall–Kier alpha value is -4.58. The Bertz CT molecular complexity index is 1480. The van der Waals surface area contributed by atoms with Gasteiger partial charge < -0.3 is 35.5 Å². The number of likely N-dealkylation sites (tertiary alicyclic amines) is 1. The highest BCUT2D eigenvalue weighted by Crippen LogP contribution is 2.40. The zero-order valence-electron chi connectivity index (χ0n) is 26.1. The summed E-state index contributed by atoms with van der Waals surface area (Å²) in [5.41, 5.74) is 7.00. The van der Waals surface area contributed by atoms with Crippen molar-refractivity contribution in [3.8, 4) is 22.8 Å². The minimum Gasteiger partial charge on any atom is -0.457 e. The van der Waals surface area contributed by atoms with Crippen molar-refractivity contribution in [1.29, 1.82) is 0 Å². The van der Waals surface area contributed by atoms with Crippen LogP contribution < -0.4 is 21.1 Å². The van der Waals surface area contributed by atoms with E-state index < -0.39 is 17.6 Å². The highest BCUT2D eigenvalue weighted by molar-refractivity contribution is 6.03. The van der Waals surface area contributed by atoms with Crippen LogP contribution in [0.5, 0.6) is 11.5 Å². The molecule has 2 aromatic carbocycles. The molecule has 0 bridgehead atoms. The van der Waals surface area contributed by atoms with E-state index in [9.17, 15) is 14.4 Å². The normalized spacial score (nSPS) is 16.8. The smallest absolute Gasteiger partial charge is 0.407 e. The van der Waals surface area contributed by atoms with Crippen LogP contribution in [-0.2, 0) is 14.3 Å². The fourth-order valence-corrected chi connectivity index (χ4v) is 5.80. The van der Waals surface area contributed by atoms with E-state index in [0.29, 0.717) is 42.5 Å². The number of carbonyl (C=O) groups excluding carboxylic acids is 3. The van der Waals surface area contributed by atoms with Crippen molar-refractivity contribution in [2.45, 2.75) is 51.7 Å². The summed E-state index contributed by atoms with van der Waals surface area (Å²) >= 11 is 0. The fourth-order valence-electron chi connectivity index (χ4n) is 5.80. The lowest BCUT2D eigenvalue weighted by Gasteiger charge is -2.38. The summed E-state index contributed by atoms with van der Waals surface area (Å²) in [5, 5.41) is 10.9. The predicted octanol–water partition coefficient (Wildman–Crippen LogP) is 4.58. The first kappa shape index (κ1) is 31.8. The summed E-state index contributed by atoms with van der Waals surface area (Å²) in [5.74, 6) is 1.73. The Morgan fingerprint density at radius 1 is 1.00 bits per heavy atom. The molecule has 0 aliphatic carbocycles. The Kier molecular flexibility index (Phi) is 9.92. The molecular formula is C33H42N6O6. The van der Waals surface area contributed by atoms with E-state index in [1.54, 1.807) is 20.8 Å². The van der Waals surface area contributed by atoms with Crippen molar-refractivity contribution in [3.63, 3.8) is 0 Å². The molecule has 12 nitrogen and oxygen atoms in total. The summed E-state index contributed by atoms with van der Waals surface area (Å²) in [6, 6.07) is 17.1. The number of piperidine rings is 1. The maximum atomic E-state index is 12.8. The van der Waals surface area contributed by atoms with Gasteiger partial charge in [0.2, 0.25) is 5.91 Å². The molecule has 0 radical (unpaired) electrons. The standard InChI is InChI=1S/C33H42N6O6/c1-33(2,3)45-32(42)36-17-20-43-21-27(40)38-18-14-22(15-19-38)26-13-16-35-31-28(30(34)41)29(37-39(26)31)23-9-11-25(12-10-23)44-24-7-5-4-6-8-24/h4-12,22,26,35H,13-21H2,1-3H3,(H2,34,41)(H,36,42)/t26-/m0/s1. The third-order valence-electron chi connectivity index (χ3n) is 7.89. The molecule has 1 fully saturated rings. The highest BCUT2D eigenvalue weighted by Gasteiger charge is 2.36. The maximum absolute atomic E-state index is 12.8. The third kappa shape index (κ3) is 8.13. The molecule has 3 heterocycles. The SMILES string of the molecule is CC(C)(C)OC(=O)NCCOCC(=O)N1CCC([C@@H]2CCNc3c(C(N)=O)c(-c4ccc(Oc5ccccc5)cc4)nn32)CC1. The van der Waals surface area contributed by atoms with Crippen LogP contribution in [0, 0.1) is 5.92 Å². The summed E-state index contributed by atoms with van der Waals surface area (Å²) < 4.78 is 18.5. The molecule has 0 saturated carbocycles. The van der Waals surface area contributed by atoms with E-state index in [-0.39, 0.29) is 37.6 Å². The van der Waals surface area contributed by atoms with Gasteiger partial charge in [-0.15, -0.1) is 0 Å². The number of hydrogen-bond donors (Lipinski definition) is 3. The highest BCUT2D eigenvalue weighted by atomic mass is 16.6. The van der Waals surface area contributed by atoms with Crippen LogP contribution in [-0.4, -0.2) is 77.6 Å². The molecule has 1 saturated heterocycles. The average molecular weight is 619 g/mol. The lowest BCUT2D eigenvalue weighted by molar-refractivity contribution is -0.137. The number of amides is 3. The largest absolute Gasteiger partial charge is 0.457 e. The van der Waals surface area contributed by atoms with E-state index in [1.165, 1.54) is 0 Å². The van der Waals surface area contributed by atoms with Crippen molar-refractivity contribution in [1.82, 2.24) is 20.0 Å². The minimum atomic E-state index is -0.572. The van der Waals surface area contributed by atoms with Gasteiger partial charge in [0.05, 0.1) is 12.6 Å². The van der Waals surface area contributed by atoms with E-state index in [4.69, 9.17) is 25.0 Å². The van der Waals surface area contributed by atoms with Gasteiger partial charge in [0, 0.05) is 31.7 Å². The number of hydrogen-bond acceptors (Lipinski definition) is 8. The Balaban J connectivity index is 1.17. The molecule has 0 unspecified atom stereocenters. The number of rotatable bonds is 10. The number of aromatic nitrogens is 2. The zero-order chi connectivity index (χ0) is 32.0. The molecule has 12 heteroatoms. The number of ether oxygens (including phenoxy) is 3. The number of primary amides is 1. The van der Waals surface area contributed by atoms with Crippen LogP contribution >= 0.6 is 0 Å². The second-order valence-electron chi connectivity index (χ2n) is 12.3. The number of nitrogens with one attached hydrogen (secondary N) is 2. The quantitative estimate of drug-likeness (QED) is 0.280. The fraction of sp³-hybridized carbons (Fsp3) is 0.455. The number of nitrogens with zero attached hydrogens (tertiary/aromatic N) is 3. The molecule has 240 valence electrons. The number of benzene rings is 2. The first-order valence-corrected chi connectivity index (χ1v) is 15.4. The van der Waals surface area contributed by atoms with Gasteiger partial charge in [-0.05, 0) is 82.3 Å². The number of carbonyl (C=O) groups is 3. The van der Waals surface area contributed by atoms with Crippen LogP contribution in [0.2, 0.25) is 0 Å². The first-order chi connectivity index (χ1) is 21.6. The number of anilines is 1. The molecule has 5 rings (SSSR count). The van der Waals surface area contributed by atoms with Gasteiger partial charge in [0.15, 0.2) is 0 Å². The topological polar surface area (TPSA) is 150 Å².